The van der Waals surface area contributed by atoms with Crippen LogP contribution in [0.15, 0.2) is 29.2 Å². The van der Waals surface area contributed by atoms with Gasteiger partial charge in [0, 0.05) is 4.90 Å². The lowest BCUT2D eigenvalue weighted by molar-refractivity contribution is 0.261. The topological polar surface area (TPSA) is 29.1 Å². The van der Waals surface area contributed by atoms with Gasteiger partial charge in [-0.2, -0.15) is 0 Å². The van der Waals surface area contributed by atoms with Crippen molar-refractivity contribution in [2.24, 2.45) is 0 Å². The summed E-state index contributed by atoms with van der Waals surface area (Å²) in [5.41, 5.74) is 1.23. The number of thioether (sulfide) groups is 1. The lowest BCUT2D eigenvalue weighted by Gasteiger charge is -2.02. The molecule has 0 bridgehead atoms. The molecule has 0 aliphatic heterocycles. The molecule has 0 unspecified atom stereocenters. The maximum atomic E-state index is 11.3. The molecule has 0 fully saturated rings. The van der Waals surface area contributed by atoms with Gasteiger partial charge in [-0.15, -0.1) is 6.42 Å². The van der Waals surface area contributed by atoms with Crippen LogP contribution < -0.4 is 5.32 Å². The molecule has 3 heteroatoms. The summed E-state index contributed by atoms with van der Waals surface area (Å²) in [6.45, 7) is 2.36. The van der Waals surface area contributed by atoms with Gasteiger partial charge in [0.1, 0.15) is 0 Å². The summed E-state index contributed by atoms with van der Waals surface area (Å²) < 4.78 is 0. The molecular formula is C12H13NOS. The zero-order valence-corrected chi connectivity index (χ0v) is 9.43. The number of benzene rings is 1. The number of rotatable bonds is 3. The van der Waals surface area contributed by atoms with E-state index in [1.807, 2.05) is 24.3 Å². The molecule has 1 N–H and O–H groups in total. The van der Waals surface area contributed by atoms with Crippen molar-refractivity contribution >= 4 is 17.0 Å². The standard InChI is InChI=1S/C12H13NOS/c1-3-8-13-12(14)15-11-7-5-6-10(4-2)9-11/h1,5-7,9H,4,8H2,2H3,(H,13,14). The lowest BCUT2D eigenvalue weighted by Crippen LogP contribution is -2.18. The summed E-state index contributed by atoms with van der Waals surface area (Å²) >= 11 is 1.17. The van der Waals surface area contributed by atoms with Gasteiger partial charge < -0.3 is 5.32 Å². The molecule has 0 heterocycles. The normalized spacial score (nSPS) is 9.33. The molecule has 0 radical (unpaired) electrons. The molecule has 2 nitrogen and oxygen atoms in total. The molecule has 15 heavy (non-hydrogen) atoms. The number of hydrogen-bond donors (Lipinski definition) is 1. The van der Waals surface area contributed by atoms with E-state index < -0.39 is 0 Å². The van der Waals surface area contributed by atoms with Gasteiger partial charge in [0.05, 0.1) is 6.54 Å². The molecule has 78 valence electrons. The van der Waals surface area contributed by atoms with E-state index in [1.54, 1.807) is 0 Å². The molecule has 0 saturated heterocycles. The summed E-state index contributed by atoms with van der Waals surface area (Å²) in [7, 11) is 0. The fourth-order valence-electron chi connectivity index (χ4n) is 1.10. The number of amides is 1. The third kappa shape index (κ3) is 4.09. The Kier molecular flexibility index (Phi) is 4.79. The van der Waals surface area contributed by atoms with Crippen LogP contribution in [-0.4, -0.2) is 11.8 Å². The van der Waals surface area contributed by atoms with Crippen LogP contribution in [0.1, 0.15) is 12.5 Å². The fourth-order valence-corrected chi connectivity index (χ4v) is 1.81. The van der Waals surface area contributed by atoms with Crippen LogP contribution in [0.4, 0.5) is 4.79 Å². The minimum atomic E-state index is -0.110. The van der Waals surface area contributed by atoms with Crippen LogP contribution in [0.3, 0.4) is 0 Å². The largest absolute Gasteiger partial charge is 0.336 e. The van der Waals surface area contributed by atoms with E-state index in [-0.39, 0.29) is 11.8 Å². The summed E-state index contributed by atoms with van der Waals surface area (Å²) in [6.07, 6.45) is 6.01. The molecule has 1 aromatic carbocycles. The van der Waals surface area contributed by atoms with E-state index in [0.29, 0.717) is 0 Å². The molecule has 1 rings (SSSR count). The lowest BCUT2D eigenvalue weighted by atomic mass is 10.2. The first-order chi connectivity index (χ1) is 7.26. The zero-order valence-electron chi connectivity index (χ0n) is 8.62. The van der Waals surface area contributed by atoms with Gasteiger partial charge >= 0.3 is 0 Å². The van der Waals surface area contributed by atoms with Gasteiger partial charge in [0.2, 0.25) is 0 Å². The highest BCUT2D eigenvalue weighted by atomic mass is 32.2. The molecule has 0 atom stereocenters. The Morgan fingerprint density at radius 1 is 1.60 bits per heavy atom. The van der Waals surface area contributed by atoms with Crippen LogP contribution in [0.25, 0.3) is 0 Å². The van der Waals surface area contributed by atoms with Crippen molar-refractivity contribution in [2.45, 2.75) is 18.2 Å². The Bertz CT molecular complexity index is 381. The summed E-state index contributed by atoms with van der Waals surface area (Å²) in [4.78, 5) is 12.3. The molecule has 1 amide bonds. The van der Waals surface area contributed by atoms with Crippen molar-refractivity contribution < 1.29 is 4.79 Å². The predicted molar refractivity (Wildman–Crippen MR) is 63.9 cm³/mol. The highest BCUT2D eigenvalue weighted by Gasteiger charge is 2.02. The molecule has 0 spiro atoms. The smallest absolute Gasteiger partial charge is 0.284 e. The monoisotopic (exact) mass is 219 g/mol. The molecular weight excluding hydrogens is 206 g/mol. The van der Waals surface area contributed by atoms with Crippen LogP contribution >= 0.6 is 11.8 Å². The van der Waals surface area contributed by atoms with Gasteiger partial charge in [-0.05, 0) is 35.9 Å². The second-order valence-corrected chi connectivity index (χ2v) is 3.99. The van der Waals surface area contributed by atoms with Gasteiger partial charge in [-0.25, -0.2) is 0 Å². The van der Waals surface area contributed by atoms with E-state index in [9.17, 15) is 4.79 Å². The fraction of sp³-hybridized carbons (Fsp3) is 0.250. The van der Waals surface area contributed by atoms with Gasteiger partial charge in [-0.3, -0.25) is 4.79 Å². The van der Waals surface area contributed by atoms with E-state index in [2.05, 4.69) is 18.2 Å². The van der Waals surface area contributed by atoms with Crippen molar-refractivity contribution in [3.05, 3.63) is 29.8 Å². The van der Waals surface area contributed by atoms with Gasteiger partial charge in [0.25, 0.3) is 5.24 Å². The number of nitrogens with one attached hydrogen (secondary N) is 1. The van der Waals surface area contributed by atoms with Crippen molar-refractivity contribution in [2.75, 3.05) is 6.54 Å². The maximum Gasteiger partial charge on any atom is 0.284 e. The third-order valence-corrected chi connectivity index (χ3v) is 2.67. The van der Waals surface area contributed by atoms with Crippen LogP contribution in [-0.2, 0) is 6.42 Å². The molecule has 0 aliphatic carbocycles. The molecule has 1 aromatic rings. The SMILES string of the molecule is C#CCNC(=O)Sc1cccc(CC)c1. The molecule has 0 aromatic heterocycles. The number of carbonyl (C=O) groups excluding carboxylic acids is 1. The number of aryl methyl sites for hydroxylation is 1. The Morgan fingerprint density at radius 2 is 2.40 bits per heavy atom. The van der Waals surface area contributed by atoms with E-state index in [1.165, 1.54) is 17.3 Å². The second-order valence-electron chi connectivity index (χ2n) is 2.95. The number of terminal acetylenes is 1. The first-order valence-corrected chi connectivity index (χ1v) is 5.56. The summed E-state index contributed by atoms with van der Waals surface area (Å²) in [6, 6.07) is 7.93. The minimum Gasteiger partial charge on any atom is -0.336 e. The van der Waals surface area contributed by atoms with Crippen LogP contribution in [0.5, 0.6) is 0 Å². The number of hydrogen-bond acceptors (Lipinski definition) is 2. The highest BCUT2D eigenvalue weighted by molar-refractivity contribution is 8.13. The first kappa shape index (κ1) is 11.7. The predicted octanol–water partition coefficient (Wildman–Crippen LogP) is 2.68. The number of carbonyl (C=O) groups is 1. The van der Waals surface area contributed by atoms with E-state index in [0.717, 1.165) is 11.3 Å². The Hall–Kier alpha value is -1.40. The van der Waals surface area contributed by atoms with E-state index in [4.69, 9.17) is 6.42 Å². The average Bonchev–Trinajstić information content (AvgIpc) is 2.26. The quantitative estimate of drug-likeness (QED) is 0.625. The van der Waals surface area contributed by atoms with Crippen molar-refractivity contribution in [1.82, 2.24) is 5.32 Å². The van der Waals surface area contributed by atoms with Crippen molar-refractivity contribution in [3.63, 3.8) is 0 Å². The van der Waals surface area contributed by atoms with Gasteiger partial charge in [0.15, 0.2) is 0 Å². The second kappa shape index (κ2) is 6.15. The third-order valence-electron chi connectivity index (χ3n) is 1.85. The first-order valence-electron chi connectivity index (χ1n) is 4.74. The van der Waals surface area contributed by atoms with Crippen molar-refractivity contribution in [1.29, 1.82) is 0 Å². The average molecular weight is 219 g/mol. The molecule has 0 saturated carbocycles. The molecule has 0 aliphatic rings. The van der Waals surface area contributed by atoms with E-state index >= 15 is 0 Å². The van der Waals surface area contributed by atoms with Crippen molar-refractivity contribution in [3.8, 4) is 12.3 Å². The van der Waals surface area contributed by atoms with Crippen LogP contribution in [0, 0.1) is 12.3 Å². The Labute approximate surface area is 94.5 Å². The Balaban J connectivity index is 2.57. The summed E-state index contributed by atoms with van der Waals surface area (Å²) in [5.74, 6) is 2.36. The zero-order chi connectivity index (χ0) is 11.1. The van der Waals surface area contributed by atoms with Crippen LogP contribution in [0.2, 0.25) is 0 Å². The maximum absolute atomic E-state index is 11.3. The van der Waals surface area contributed by atoms with Gasteiger partial charge in [-0.1, -0.05) is 25.0 Å². The summed E-state index contributed by atoms with van der Waals surface area (Å²) in [5, 5.41) is 2.50. The minimum absolute atomic E-state index is 0.110. The highest BCUT2D eigenvalue weighted by Crippen LogP contribution is 2.19. The Morgan fingerprint density at radius 3 is 3.07 bits per heavy atom.